The van der Waals surface area contributed by atoms with Crippen LogP contribution in [0.4, 0.5) is 0 Å². The van der Waals surface area contributed by atoms with E-state index in [4.69, 9.17) is 0 Å². The van der Waals surface area contributed by atoms with E-state index < -0.39 is 0 Å². The third-order valence-corrected chi connectivity index (χ3v) is 8.66. The molecule has 0 aromatic heterocycles. The standard InChI is InChI=1S/C25H24O/c26-23-12-19-10-17-9-15-5-4-14(17)8-18(19)11-22(23)25-7-6-16(13-25)24-20(15)2-1-3-21(24)25/h4-5,8-10,16,20,22H,1-3,6-7,11-13H2. The lowest BCUT2D eigenvalue weighted by molar-refractivity contribution is -0.126. The van der Waals surface area contributed by atoms with Gasteiger partial charge in [-0.05, 0) is 78.3 Å². The lowest BCUT2D eigenvalue weighted by Crippen LogP contribution is -2.40. The van der Waals surface area contributed by atoms with Crippen LogP contribution in [0.5, 0.6) is 0 Å². The summed E-state index contributed by atoms with van der Waals surface area (Å²) in [6.45, 7) is 0. The molecule has 1 saturated carbocycles. The van der Waals surface area contributed by atoms with Crippen molar-refractivity contribution in [3.8, 4) is 0 Å². The summed E-state index contributed by atoms with van der Waals surface area (Å²) in [5.74, 6) is 2.16. The fraction of sp³-hybridized carbons (Fsp3) is 0.480. The Hall–Kier alpha value is -1.89. The Morgan fingerprint density at radius 3 is 2.88 bits per heavy atom. The van der Waals surface area contributed by atoms with Crippen LogP contribution in [0, 0.1) is 17.3 Å². The molecule has 1 fully saturated rings. The minimum absolute atomic E-state index is 0.222. The second-order valence-corrected chi connectivity index (χ2v) is 9.60. The van der Waals surface area contributed by atoms with Crippen LogP contribution in [-0.2, 0) is 17.6 Å². The SMILES string of the molecule is O=C1Cc2cc3cc4ccc3cc2CC1C12CCC(C1)C1=C2CCCC14. The van der Waals surface area contributed by atoms with Crippen LogP contribution in [0.25, 0.3) is 10.8 Å². The summed E-state index contributed by atoms with van der Waals surface area (Å²) in [7, 11) is 0. The van der Waals surface area contributed by atoms with Gasteiger partial charge in [-0.25, -0.2) is 0 Å². The van der Waals surface area contributed by atoms with Gasteiger partial charge in [-0.15, -0.1) is 0 Å². The van der Waals surface area contributed by atoms with Gasteiger partial charge in [0.05, 0.1) is 0 Å². The van der Waals surface area contributed by atoms with E-state index in [2.05, 4.69) is 30.3 Å². The van der Waals surface area contributed by atoms with Crippen molar-refractivity contribution >= 4 is 16.6 Å². The van der Waals surface area contributed by atoms with Crippen molar-refractivity contribution < 1.29 is 4.79 Å². The van der Waals surface area contributed by atoms with Gasteiger partial charge in [-0.1, -0.05) is 41.5 Å². The fourth-order valence-corrected chi connectivity index (χ4v) is 7.68. The molecule has 11 bridgehead atoms. The van der Waals surface area contributed by atoms with Crippen LogP contribution in [0.3, 0.4) is 0 Å². The largest absolute Gasteiger partial charge is 0.299 e. The molecule has 4 atom stereocenters. The smallest absolute Gasteiger partial charge is 0.141 e. The summed E-state index contributed by atoms with van der Waals surface area (Å²) in [6, 6.07) is 11.9. The average Bonchev–Trinajstić information content (AvgIpc) is 3.23. The van der Waals surface area contributed by atoms with Gasteiger partial charge in [0, 0.05) is 23.7 Å². The first-order valence-electron chi connectivity index (χ1n) is 10.5. The van der Waals surface area contributed by atoms with Crippen LogP contribution < -0.4 is 0 Å². The Bertz CT molecular complexity index is 1040. The zero-order chi connectivity index (χ0) is 17.0. The van der Waals surface area contributed by atoms with E-state index in [0.717, 1.165) is 12.3 Å². The molecule has 4 unspecified atom stereocenters. The Kier molecular flexibility index (Phi) is 2.46. The fourth-order valence-electron chi connectivity index (χ4n) is 7.68. The van der Waals surface area contributed by atoms with Gasteiger partial charge in [0.15, 0.2) is 0 Å². The first-order chi connectivity index (χ1) is 12.7. The minimum atomic E-state index is 0.222. The van der Waals surface area contributed by atoms with Crippen molar-refractivity contribution in [2.24, 2.45) is 17.3 Å². The number of carbonyl (C=O) groups excluding carboxylic acids is 1. The van der Waals surface area contributed by atoms with E-state index in [0.29, 0.717) is 18.1 Å². The molecule has 26 heavy (non-hydrogen) atoms. The van der Waals surface area contributed by atoms with E-state index >= 15 is 0 Å². The number of hydrogen-bond donors (Lipinski definition) is 0. The molecule has 0 amide bonds. The lowest BCUT2D eigenvalue weighted by Gasteiger charge is -2.43. The quantitative estimate of drug-likeness (QED) is 0.579. The monoisotopic (exact) mass is 340 g/mol. The summed E-state index contributed by atoms with van der Waals surface area (Å²) in [5, 5.41) is 2.71. The predicted molar refractivity (Wildman–Crippen MR) is 103 cm³/mol. The summed E-state index contributed by atoms with van der Waals surface area (Å²) < 4.78 is 0. The maximum Gasteiger partial charge on any atom is 0.141 e. The molecule has 0 heterocycles. The zero-order valence-electron chi connectivity index (χ0n) is 15.2. The van der Waals surface area contributed by atoms with Crippen molar-refractivity contribution in [2.75, 3.05) is 0 Å². The highest BCUT2D eigenvalue weighted by Gasteiger charge is 2.58. The molecule has 0 saturated heterocycles. The Morgan fingerprint density at radius 1 is 1.00 bits per heavy atom. The maximum absolute atomic E-state index is 13.3. The third-order valence-electron chi connectivity index (χ3n) is 8.66. The van der Waals surface area contributed by atoms with Gasteiger partial charge in [0.2, 0.25) is 0 Å². The molecule has 8 rings (SSSR count). The first kappa shape index (κ1) is 14.2. The lowest BCUT2D eigenvalue weighted by atomic mass is 9.60. The number of carbonyl (C=O) groups is 1. The highest BCUT2D eigenvalue weighted by Crippen LogP contribution is 2.67. The van der Waals surface area contributed by atoms with E-state index in [1.54, 1.807) is 11.1 Å². The second kappa shape index (κ2) is 4.50. The van der Waals surface area contributed by atoms with E-state index in [-0.39, 0.29) is 11.3 Å². The molecule has 6 aliphatic rings. The Labute approximate surface area is 154 Å². The van der Waals surface area contributed by atoms with Crippen LogP contribution in [0.15, 0.2) is 41.5 Å². The number of ketones is 1. The summed E-state index contributed by atoms with van der Waals surface area (Å²) in [6.07, 6.45) is 9.40. The molecular weight excluding hydrogens is 316 g/mol. The van der Waals surface area contributed by atoms with Gasteiger partial charge in [0.25, 0.3) is 0 Å². The average molecular weight is 340 g/mol. The molecule has 1 nitrogen and oxygen atoms in total. The van der Waals surface area contributed by atoms with Crippen molar-refractivity contribution in [3.63, 3.8) is 0 Å². The number of hydrogen-bond acceptors (Lipinski definition) is 1. The molecule has 0 aliphatic heterocycles. The molecule has 0 N–H and O–H groups in total. The van der Waals surface area contributed by atoms with Gasteiger partial charge in [-0.3, -0.25) is 4.79 Å². The van der Waals surface area contributed by atoms with Crippen molar-refractivity contribution in [3.05, 3.63) is 58.2 Å². The summed E-state index contributed by atoms with van der Waals surface area (Å²) in [4.78, 5) is 13.3. The van der Waals surface area contributed by atoms with Crippen molar-refractivity contribution in [1.82, 2.24) is 0 Å². The number of Topliss-reactive ketones (excluding diaryl/α,β-unsaturated/α-hetero) is 1. The molecule has 2 aromatic rings. The highest BCUT2D eigenvalue weighted by atomic mass is 16.1. The number of fused-ring (bicyclic) bond motifs is 3. The number of rotatable bonds is 0. The topological polar surface area (TPSA) is 17.1 Å². The van der Waals surface area contributed by atoms with Crippen molar-refractivity contribution in [2.45, 2.75) is 57.3 Å². The van der Waals surface area contributed by atoms with Crippen LogP contribution in [-0.4, -0.2) is 5.78 Å². The minimum Gasteiger partial charge on any atom is -0.299 e. The summed E-state index contributed by atoms with van der Waals surface area (Å²) >= 11 is 0. The van der Waals surface area contributed by atoms with E-state index in [9.17, 15) is 4.79 Å². The van der Waals surface area contributed by atoms with Gasteiger partial charge in [0.1, 0.15) is 5.78 Å². The molecule has 6 aliphatic carbocycles. The molecule has 1 heteroatoms. The molecule has 0 radical (unpaired) electrons. The highest BCUT2D eigenvalue weighted by molar-refractivity contribution is 5.91. The Morgan fingerprint density at radius 2 is 1.92 bits per heavy atom. The zero-order valence-corrected chi connectivity index (χ0v) is 15.2. The molecule has 1 spiro atoms. The Balaban J connectivity index is 1.61. The number of benzene rings is 2. The van der Waals surface area contributed by atoms with Gasteiger partial charge >= 0.3 is 0 Å². The van der Waals surface area contributed by atoms with Crippen LogP contribution in [0.1, 0.15) is 61.1 Å². The van der Waals surface area contributed by atoms with Crippen LogP contribution >= 0.6 is 0 Å². The van der Waals surface area contributed by atoms with Crippen LogP contribution in [0.2, 0.25) is 0 Å². The van der Waals surface area contributed by atoms with E-state index in [1.807, 2.05) is 0 Å². The van der Waals surface area contributed by atoms with Gasteiger partial charge in [-0.2, -0.15) is 0 Å². The maximum atomic E-state index is 13.3. The molecule has 2 aromatic carbocycles. The van der Waals surface area contributed by atoms with E-state index in [1.165, 1.54) is 66.0 Å². The predicted octanol–water partition coefficient (Wildman–Crippen LogP) is 5.50. The summed E-state index contributed by atoms with van der Waals surface area (Å²) in [5.41, 5.74) is 8.06. The second-order valence-electron chi connectivity index (χ2n) is 9.60. The molecule has 130 valence electrons. The first-order valence-corrected chi connectivity index (χ1v) is 10.5. The third kappa shape index (κ3) is 1.54. The normalized spacial score (nSPS) is 36.5. The number of allylic oxidation sites excluding steroid dienone is 2. The molecular formula is C25H24O. The van der Waals surface area contributed by atoms with Gasteiger partial charge < -0.3 is 0 Å². The van der Waals surface area contributed by atoms with Crippen molar-refractivity contribution in [1.29, 1.82) is 0 Å².